The van der Waals surface area contributed by atoms with Crippen LogP contribution in [0.15, 0.2) is 23.5 Å². The molecule has 1 aliphatic heterocycles. The van der Waals surface area contributed by atoms with Crippen molar-refractivity contribution in [1.29, 1.82) is 0 Å². The highest BCUT2D eigenvalue weighted by Gasteiger charge is 2.28. The summed E-state index contributed by atoms with van der Waals surface area (Å²) >= 11 is 0. The molecule has 7 nitrogen and oxygen atoms in total. The molecule has 2 aromatic rings. The van der Waals surface area contributed by atoms with Gasteiger partial charge in [0.15, 0.2) is 12.1 Å². The van der Waals surface area contributed by atoms with Crippen LogP contribution in [-0.2, 0) is 6.42 Å². The van der Waals surface area contributed by atoms with Gasteiger partial charge in [0.1, 0.15) is 18.4 Å². The lowest BCUT2D eigenvalue weighted by molar-refractivity contribution is 0.0665. The molecule has 0 saturated carbocycles. The van der Waals surface area contributed by atoms with Crippen molar-refractivity contribution in [2.45, 2.75) is 32.2 Å². The number of carbonyl (C=O) groups excluding carboxylic acids is 1. The zero-order valence-corrected chi connectivity index (χ0v) is 11.4. The number of carbonyl (C=O) groups is 1. The number of piperidine rings is 1. The van der Waals surface area contributed by atoms with Crippen LogP contribution in [0.25, 0.3) is 0 Å². The minimum atomic E-state index is -0.0552. The van der Waals surface area contributed by atoms with Crippen LogP contribution in [-0.4, -0.2) is 43.6 Å². The Morgan fingerprint density at radius 1 is 1.55 bits per heavy atom. The van der Waals surface area contributed by atoms with Crippen LogP contribution >= 0.6 is 0 Å². The summed E-state index contributed by atoms with van der Waals surface area (Å²) in [6.07, 6.45) is 7.19. The first-order valence-electron chi connectivity index (χ1n) is 6.85. The number of rotatable bonds is 3. The van der Waals surface area contributed by atoms with E-state index in [1.807, 2.05) is 16.5 Å². The number of hydrogen-bond acceptors (Lipinski definition) is 5. The zero-order valence-electron chi connectivity index (χ0n) is 11.4. The summed E-state index contributed by atoms with van der Waals surface area (Å²) in [4.78, 5) is 22.4. The third kappa shape index (κ3) is 2.31. The first-order valence-corrected chi connectivity index (χ1v) is 6.85. The Hall–Kier alpha value is -2.18. The Bertz CT molecular complexity index is 577. The third-order valence-electron chi connectivity index (χ3n) is 3.66. The van der Waals surface area contributed by atoms with Gasteiger partial charge in [-0.25, -0.2) is 14.6 Å². The highest BCUT2D eigenvalue weighted by atomic mass is 16.3. The quantitative estimate of drug-likeness (QED) is 0.844. The van der Waals surface area contributed by atoms with Gasteiger partial charge in [-0.05, 0) is 12.8 Å². The van der Waals surface area contributed by atoms with E-state index in [4.69, 9.17) is 4.42 Å². The van der Waals surface area contributed by atoms with Gasteiger partial charge in [0.2, 0.25) is 0 Å². The third-order valence-corrected chi connectivity index (χ3v) is 3.66. The standard InChI is InChI=1S/C13H17N5O2/c1-2-11-12(15-9-20-11)13(19)17-5-3-4-10(6-17)18-8-14-7-16-18/h7-10H,2-6H2,1H3/t10-/m1/s1. The number of aryl methyl sites for hydroxylation is 1. The lowest BCUT2D eigenvalue weighted by Crippen LogP contribution is -2.41. The largest absolute Gasteiger partial charge is 0.448 e. The lowest BCUT2D eigenvalue weighted by atomic mass is 10.1. The molecule has 20 heavy (non-hydrogen) atoms. The predicted molar refractivity (Wildman–Crippen MR) is 70.1 cm³/mol. The fourth-order valence-corrected chi connectivity index (χ4v) is 2.61. The molecular formula is C13H17N5O2. The minimum absolute atomic E-state index is 0.0552. The average molecular weight is 275 g/mol. The molecule has 0 unspecified atom stereocenters. The van der Waals surface area contributed by atoms with Crippen molar-refractivity contribution in [1.82, 2.24) is 24.6 Å². The van der Waals surface area contributed by atoms with E-state index in [2.05, 4.69) is 15.1 Å². The molecule has 0 N–H and O–H groups in total. The SMILES string of the molecule is CCc1ocnc1C(=O)N1CCC[C@@H](n2cncn2)C1. The highest BCUT2D eigenvalue weighted by Crippen LogP contribution is 2.22. The van der Waals surface area contributed by atoms with Gasteiger partial charge in [-0.15, -0.1) is 0 Å². The molecule has 0 aliphatic carbocycles. The normalized spacial score (nSPS) is 19.2. The van der Waals surface area contributed by atoms with E-state index in [-0.39, 0.29) is 11.9 Å². The molecule has 0 aromatic carbocycles. The molecule has 7 heteroatoms. The second-order valence-corrected chi connectivity index (χ2v) is 4.90. The molecular weight excluding hydrogens is 258 g/mol. The average Bonchev–Trinajstić information content (AvgIpc) is 3.17. The molecule has 1 amide bonds. The van der Waals surface area contributed by atoms with Crippen molar-refractivity contribution < 1.29 is 9.21 Å². The van der Waals surface area contributed by atoms with Crippen LogP contribution in [0.1, 0.15) is 42.1 Å². The molecule has 3 rings (SSSR count). The Morgan fingerprint density at radius 3 is 3.20 bits per heavy atom. The Morgan fingerprint density at radius 2 is 2.45 bits per heavy atom. The Kier molecular flexibility index (Phi) is 3.49. The predicted octanol–water partition coefficient (Wildman–Crippen LogP) is 1.31. The fourth-order valence-electron chi connectivity index (χ4n) is 2.61. The van der Waals surface area contributed by atoms with E-state index in [1.54, 1.807) is 6.33 Å². The topological polar surface area (TPSA) is 77.0 Å². The van der Waals surface area contributed by atoms with Crippen molar-refractivity contribution in [3.63, 3.8) is 0 Å². The number of hydrogen-bond donors (Lipinski definition) is 0. The van der Waals surface area contributed by atoms with Crippen molar-refractivity contribution in [3.8, 4) is 0 Å². The van der Waals surface area contributed by atoms with E-state index in [9.17, 15) is 4.79 Å². The van der Waals surface area contributed by atoms with Gasteiger partial charge in [0, 0.05) is 19.5 Å². The van der Waals surface area contributed by atoms with Crippen molar-refractivity contribution >= 4 is 5.91 Å². The summed E-state index contributed by atoms with van der Waals surface area (Å²) in [6, 6.07) is 0.187. The van der Waals surface area contributed by atoms with Crippen molar-refractivity contribution in [2.24, 2.45) is 0 Å². The van der Waals surface area contributed by atoms with E-state index in [0.29, 0.717) is 24.4 Å². The summed E-state index contributed by atoms with van der Waals surface area (Å²) in [5.74, 6) is 0.596. The zero-order chi connectivity index (χ0) is 13.9. The summed E-state index contributed by atoms with van der Waals surface area (Å²) in [5, 5.41) is 4.16. The maximum absolute atomic E-state index is 12.5. The Labute approximate surface area is 116 Å². The van der Waals surface area contributed by atoms with E-state index < -0.39 is 0 Å². The second kappa shape index (κ2) is 5.44. The van der Waals surface area contributed by atoms with E-state index >= 15 is 0 Å². The summed E-state index contributed by atoms with van der Waals surface area (Å²) in [6.45, 7) is 3.34. The fraction of sp³-hybridized carbons (Fsp3) is 0.538. The van der Waals surface area contributed by atoms with E-state index in [0.717, 1.165) is 19.4 Å². The van der Waals surface area contributed by atoms with Crippen molar-refractivity contribution in [3.05, 3.63) is 30.5 Å². The van der Waals surface area contributed by atoms with Crippen LogP contribution in [0.3, 0.4) is 0 Å². The van der Waals surface area contributed by atoms with Gasteiger partial charge in [-0.3, -0.25) is 4.79 Å². The highest BCUT2D eigenvalue weighted by molar-refractivity contribution is 5.93. The molecule has 1 fully saturated rings. The van der Waals surface area contributed by atoms with Gasteiger partial charge in [0.05, 0.1) is 6.04 Å². The van der Waals surface area contributed by atoms with Crippen LogP contribution in [0.2, 0.25) is 0 Å². The van der Waals surface area contributed by atoms with Crippen LogP contribution < -0.4 is 0 Å². The summed E-state index contributed by atoms with van der Waals surface area (Å²) in [7, 11) is 0. The second-order valence-electron chi connectivity index (χ2n) is 4.90. The Balaban J connectivity index is 1.75. The number of likely N-dealkylation sites (tertiary alicyclic amines) is 1. The first kappa shape index (κ1) is 12.8. The monoisotopic (exact) mass is 275 g/mol. The van der Waals surface area contributed by atoms with Crippen LogP contribution in [0.5, 0.6) is 0 Å². The van der Waals surface area contributed by atoms with Gasteiger partial charge in [-0.1, -0.05) is 6.92 Å². The number of oxazole rings is 1. The summed E-state index contributed by atoms with van der Waals surface area (Å²) in [5.41, 5.74) is 0.437. The van der Waals surface area contributed by atoms with Gasteiger partial charge >= 0.3 is 0 Å². The van der Waals surface area contributed by atoms with Crippen LogP contribution in [0, 0.1) is 0 Å². The van der Waals surface area contributed by atoms with Gasteiger partial charge < -0.3 is 9.32 Å². The minimum Gasteiger partial charge on any atom is -0.448 e. The molecule has 0 spiro atoms. The molecule has 0 radical (unpaired) electrons. The lowest BCUT2D eigenvalue weighted by Gasteiger charge is -2.32. The van der Waals surface area contributed by atoms with E-state index in [1.165, 1.54) is 12.7 Å². The molecule has 1 aliphatic rings. The molecule has 106 valence electrons. The number of aromatic nitrogens is 4. The number of nitrogens with zero attached hydrogens (tertiary/aromatic N) is 5. The smallest absolute Gasteiger partial charge is 0.276 e. The molecule has 3 heterocycles. The first-order chi connectivity index (χ1) is 9.79. The van der Waals surface area contributed by atoms with Crippen molar-refractivity contribution in [2.75, 3.05) is 13.1 Å². The van der Waals surface area contributed by atoms with Gasteiger partial charge in [0.25, 0.3) is 5.91 Å². The van der Waals surface area contributed by atoms with Crippen LogP contribution in [0.4, 0.5) is 0 Å². The summed E-state index contributed by atoms with van der Waals surface area (Å²) < 4.78 is 7.06. The maximum Gasteiger partial charge on any atom is 0.276 e. The number of amides is 1. The molecule has 1 saturated heterocycles. The molecule has 2 aromatic heterocycles. The molecule has 1 atom stereocenters. The van der Waals surface area contributed by atoms with Gasteiger partial charge in [-0.2, -0.15) is 5.10 Å². The molecule has 0 bridgehead atoms. The maximum atomic E-state index is 12.5.